The molecule has 0 fully saturated rings. The van der Waals surface area contributed by atoms with E-state index in [0.29, 0.717) is 18.9 Å². The van der Waals surface area contributed by atoms with Gasteiger partial charge in [-0.05, 0) is 19.9 Å². The summed E-state index contributed by atoms with van der Waals surface area (Å²) in [5.74, 6) is 0.760. The Labute approximate surface area is 96.8 Å². The number of hydrogen-bond donors (Lipinski definition) is 2. The molecule has 0 bridgehead atoms. The van der Waals surface area contributed by atoms with Crippen molar-refractivity contribution >= 4 is 0 Å². The zero-order valence-corrected chi connectivity index (χ0v) is 9.92. The van der Waals surface area contributed by atoms with Crippen molar-refractivity contribution in [1.82, 2.24) is 5.32 Å². The van der Waals surface area contributed by atoms with E-state index in [1.54, 1.807) is 6.07 Å². The molecule has 0 aliphatic carbocycles. The molecule has 0 radical (unpaired) electrons. The normalized spacial score (nSPS) is 10.1. The molecule has 3 heteroatoms. The minimum atomic E-state index is 0.221. The number of benzene rings is 1. The van der Waals surface area contributed by atoms with Crippen LogP contribution in [0, 0.1) is 0 Å². The van der Waals surface area contributed by atoms with Crippen LogP contribution in [0.15, 0.2) is 30.4 Å². The molecule has 0 aliphatic heterocycles. The van der Waals surface area contributed by atoms with E-state index in [9.17, 15) is 5.11 Å². The van der Waals surface area contributed by atoms with Crippen LogP contribution < -0.4 is 10.1 Å². The monoisotopic (exact) mass is 221 g/mol. The summed E-state index contributed by atoms with van der Waals surface area (Å²) in [5, 5.41) is 13.1. The van der Waals surface area contributed by atoms with E-state index in [2.05, 4.69) is 11.9 Å². The summed E-state index contributed by atoms with van der Waals surface area (Å²) >= 11 is 0. The molecule has 0 saturated heterocycles. The summed E-state index contributed by atoms with van der Waals surface area (Å²) in [7, 11) is 0. The highest BCUT2D eigenvalue weighted by Crippen LogP contribution is 2.29. The van der Waals surface area contributed by atoms with E-state index in [1.165, 1.54) is 0 Å². The second kappa shape index (κ2) is 6.18. The lowest BCUT2D eigenvalue weighted by molar-refractivity contribution is 0.316. The van der Waals surface area contributed by atoms with Crippen molar-refractivity contribution in [3.05, 3.63) is 35.9 Å². The third kappa shape index (κ3) is 3.59. The van der Waals surface area contributed by atoms with Gasteiger partial charge >= 0.3 is 0 Å². The molecule has 0 spiro atoms. The molecule has 0 amide bonds. The molecule has 1 aromatic rings. The molecule has 16 heavy (non-hydrogen) atoms. The highest BCUT2D eigenvalue weighted by Gasteiger charge is 2.06. The van der Waals surface area contributed by atoms with Crippen molar-refractivity contribution in [1.29, 1.82) is 0 Å². The van der Waals surface area contributed by atoms with E-state index in [4.69, 9.17) is 4.74 Å². The molecule has 0 saturated carbocycles. The minimum absolute atomic E-state index is 0.221. The molecule has 2 N–H and O–H groups in total. The van der Waals surface area contributed by atoms with Crippen molar-refractivity contribution in [2.75, 3.05) is 13.2 Å². The zero-order chi connectivity index (χ0) is 12.0. The number of nitrogens with one attached hydrogen (secondary N) is 1. The van der Waals surface area contributed by atoms with E-state index < -0.39 is 0 Å². The fourth-order valence-electron chi connectivity index (χ4n) is 1.39. The van der Waals surface area contributed by atoms with Gasteiger partial charge in [0.2, 0.25) is 0 Å². The Morgan fingerprint density at radius 1 is 1.50 bits per heavy atom. The lowest BCUT2D eigenvalue weighted by atomic mass is 10.2. The van der Waals surface area contributed by atoms with Gasteiger partial charge in [-0.25, -0.2) is 0 Å². The van der Waals surface area contributed by atoms with Gasteiger partial charge in [0.1, 0.15) is 0 Å². The topological polar surface area (TPSA) is 41.5 Å². The van der Waals surface area contributed by atoms with E-state index >= 15 is 0 Å². The average Bonchev–Trinajstić information content (AvgIpc) is 2.23. The van der Waals surface area contributed by atoms with Crippen LogP contribution in [-0.2, 0) is 6.54 Å². The van der Waals surface area contributed by atoms with Crippen LogP contribution >= 0.6 is 0 Å². The number of ether oxygens (including phenoxy) is 1. The number of aromatic hydroxyl groups is 1. The molecule has 1 rings (SSSR count). The summed E-state index contributed by atoms with van der Waals surface area (Å²) < 4.78 is 5.31. The summed E-state index contributed by atoms with van der Waals surface area (Å²) in [6.07, 6.45) is 0. The van der Waals surface area contributed by atoms with Gasteiger partial charge in [0.15, 0.2) is 11.5 Å². The first-order valence-electron chi connectivity index (χ1n) is 5.44. The molecular formula is C13H19NO2. The largest absolute Gasteiger partial charge is 0.504 e. The van der Waals surface area contributed by atoms with Crippen molar-refractivity contribution in [2.24, 2.45) is 0 Å². The third-order valence-electron chi connectivity index (χ3n) is 2.12. The van der Waals surface area contributed by atoms with Gasteiger partial charge in [0, 0.05) is 18.7 Å². The van der Waals surface area contributed by atoms with Gasteiger partial charge in [-0.1, -0.05) is 24.3 Å². The van der Waals surface area contributed by atoms with Crippen molar-refractivity contribution in [3.8, 4) is 11.5 Å². The summed E-state index contributed by atoms with van der Waals surface area (Å²) in [6.45, 7) is 9.57. The Morgan fingerprint density at radius 3 is 2.88 bits per heavy atom. The van der Waals surface area contributed by atoms with Crippen LogP contribution in [0.5, 0.6) is 11.5 Å². The quantitative estimate of drug-likeness (QED) is 0.725. The average molecular weight is 221 g/mol. The van der Waals surface area contributed by atoms with Crippen molar-refractivity contribution in [3.63, 3.8) is 0 Å². The first-order chi connectivity index (χ1) is 7.65. The maximum Gasteiger partial charge on any atom is 0.162 e. The molecule has 0 aliphatic rings. The number of para-hydroxylation sites is 1. The molecule has 0 unspecified atom stereocenters. The summed E-state index contributed by atoms with van der Waals surface area (Å²) in [5.41, 5.74) is 1.91. The van der Waals surface area contributed by atoms with Gasteiger partial charge in [-0.2, -0.15) is 0 Å². The molecule has 1 aromatic carbocycles. The van der Waals surface area contributed by atoms with E-state index in [0.717, 1.165) is 17.7 Å². The van der Waals surface area contributed by atoms with Crippen LogP contribution in [0.1, 0.15) is 19.4 Å². The SMILES string of the molecule is C=C(C)CNCc1cccc(OCC)c1O. The summed E-state index contributed by atoms with van der Waals surface area (Å²) in [4.78, 5) is 0. The molecule has 0 atom stereocenters. The second-order valence-corrected chi connectivity index (χ2v) is 3.76. The van der Waals surface area contributed by atoms with E-state index in [1.807, 2.05) is 26.0 Å². The van der Waals surface area contributed by atoms with Crippen molar-refractivity contribution < 1.29 is 9.84 Å². The van der Waals surface area contributed by atoms with Gasteiger partial charge in [-0.15, -0.1) is 0 Å². The predicted molar refractivity (Wildman–Crippen MR) is 65.8 cm³/mol. The highest BCUT2D eigenvalue weighted by molar-refractivity contribution is 5.45. The molecule has 0 heterocycles. The maximum atomic E-state index is 9.90. The lowest BCUT2D eigenvalue weighted by Gasteiger charge is -2.10. The van der Waals surface area contributed by atoms with Crippen molar-refractivity contribution in [2.45, 2.75) is 20.4 Å². The number of phenols is 1. The number of phenolic OH excluding ortho intramolecular Hbond substituents is 1. The van der Waals surface area contributed by atoms with Gasteiger partial charge < -0.3 is 15.2 Å². The van der Waals surface area contributed by atoms with Crippen LogP contribution in [0.2, 0.25) is 0 Å². The fraction of sp³-hybridized carbons (Fsp3) is 0.385. The molecule has 0 aromatic heterocycles. The van der Waals surface area contributed by atoms with Crippen LogP contribution in [0.4, 0.5) is 0 Å². The smallest absolute Gasteiger partial charge is 0.162 e. The molecular weight excluding hydrogens is 202 g/mol. The number of hydrogen-bond acceptors (Lipinski definition) is 3. The van der Waals surface area contributed by atoms with E-state index in [-0.39, 0.29) is 5.75 Å². The first-order valence-corrected chi connectivity index (χ1v) is 5.44. The third-order valence-corrected chi connectivity index (χ3v) is 2.12. The van der Waals surface area contributed by atoms with Gasteiger partial charge in [0.05, 0.1) is 6.61 Å². The zero-order valence-electron chi connectivity index (χ0n) is 9.92. The van der Waals surface area contributed by atoms with Crippen LogP contribution in [0.25, 0.3) is 0 Å². The number of rotatable bonds is 6. The summed E-state index contributed by atoms with van der Waals surface area (Å²) in [6, 6.07) is 5.52. The molecule has 3 nitrogen and oxygen atoms in total. The maximum absolute atomic E-state index is 9.90. The highest BCUT2D eigenvalue weighted by atomic mass is 16.5. The predicted octanol–water partition coefficient (Wildman–Crippen LogP) is 2.46. The minimum Gasteiger partial charge on any atom is -0.504 e. The Bertz CT molecular complexity index is 361. The van der Waals surface area contributed by atoms with Gasteiger partial charge in [0.25, 0.3) is 0 Å². The fourth-order valence-corrected chi connectivity index (χ4v) is 1.39. The van der Waals surface area contributed by atoms with Crippen LogP contribution in [-0.4, -0.2) is 18.3 Å². The molecule has 88 valence electrons. The Morgan fingerprint density at radius 2 is 2.25 bits per heavy atom. The first kappa shape index (κ1) is 12.6. The van der Waals surface area contributed by atoms with Crippen LogP contribution in [0.3, 0.4) is 0 Å². The lowest BCUT2D eigenvalue weighted by Crippen LogP contribution is -2.15. The Hall–Kier alpha value is -1.48. The Balaban J connectivity index is 2.65. The standard InChI is InChI=1S/C13H19NO2/c1-4-16-12-7-5-6-11(13(12)15)9-14-8-10(2)3/h5-7,14-15H,2,4,8-9H2,1,3H3. The Kier molecular flexibility index (Phi) is 4.86. The second-order valence-electron chi connectivity index (χ2n) is 3.76. The van der Waals surface area contributed by atoms with Gasteiger partial charge in [-0.3, -0.25) is 0 Å².